The Kier molecular flexibility index (Phi) is 5.24. The lowest BCUT2D eigenvalue weighted by Gasteiger charge is -2.22. The number of fused-ring (bicyclic) bond motifs is 3. The highest BCUT2D eigenvalue weighted by Gasteiger charge is 2.42. The number of carbonyl (C=O) groups excluding carboxylic acids is 1. The molecule has 0 aromatic carbocycles. The second-order valence-electron chi connectivity index (χ2n) is 9.95. The Morgan fingerprint density at radius 2 is 1.95 bits per heavy atom. The number of thiazole rings is 1. The van der Waals surface area contributed by atoms with Gasteiger partial charge in [0.2, 0.25) is 5.91 Å². The number of nitrogens with one attached hydrogen (secondary N) is 1. The smallest absolute Gasteiger partial charge is 0.229 e. The maximum atomic E-state index is 13.4. The van der Waals surface area contributed by atoms with Gasteiger partial charge in [0, 0.05) is 48.3 Å². The quantitative estimate of drug-likeness (QED) is 0.318. The molecule has 2 fully saturated rings. The van der Waals surface area contributed by atoms with Crippen LogP contribution in [0.1, 0.15) is 38.3 Å². The zero-order chi connectivity index (χ0) is 25.1. The van der Waals surface area contributed by atoms with E-state index in [1.807, 2.05) is 41.5 Å². The van der Waals surface area contributed by atoms with Crippen LogP contribution in [0, 0.1) is 0 Å². The van der Waals surface area contributed by atoms with E-state index in [4.69, 9.17) is 9.97 Å². The predicted octanol–water partition coefficient (Wildman–Crippen LogP) is 4.90. The molecule has 2 aliphatic carbocycles. The van der Waals surface area contributed by atoms with Gasteiger partial charge >= 0.3 is 0 Å². The molecule has 188 valence electrons. The van der Waals surface area contributed by atoms with Crippen LogP contribution >= 0.6 is 11.3 Å². The second kappa shape index (κ2) is 8.65. The number of hydrogen-bond donors (Lipinski definition) is 1. The van der Waals surface area contributed by atoms with Crippen LogP contribution in [0.3, 0.4) is 0 Å². The minimum absolute atomic E-state index is 0.243. The molecule has 0 unspecified atom stereocenters. The van der Waals surface area contributed by atoms with Gasteiger partial charge in [-0.25, -0.2) is 15.0 Å². The van der Waals surface area contributed by atoms with Crippen molar-refractivity contribution in [2.24, 2.45) is 7.05 Å². The van der Waals surface area contributed by atoms with Gasteiger partial charge in [0.05, 0.1) is 24.0 Å². The van der Waals surface area contributed by atoms with E-state index in [1.165, 1.54) is 11.3 Å². The molecule has 7 rings (SSSR count). The van der Waals surface area contributed by atoms with Gasteiger partial charge in [0.1, 0.15) is 16.9 Å². The van der Waals surface area contributed by atoms with Crippen molar-refractivity contribution in [1.82, 2.24) is 34.0 Å². The van der Waals surface area contributed by atoms with Crippen molar-refractivity contribution < 1.29 is 4.79 Å². The van der Waals surface area contributed by atoms with E-state index in [0.717, 1.165) is 76.5 Å². The molecule has 2 saturated carbocycles. The number of aryl methyl sites for hydroxylation is 2. The maximum absolute atomic E-state index is 13.4. The molecule has 5 heterocycles. The van der Waals surface area contributed by atoms with E-state index in [1.54, 1.807) is 6.20 Å². The fraction of sp³-hybridized carbons (Fsp3) is 0.370. The van der Waals surface area contributed by atoms with Gasteiger partial charge in [-0.3, -0.25) is 9.78 Å². The molecular weight excluding hydrogens is 484 g/mol. The molecule has 0 radical (unpaired) electrons. The first-order chi connectivity index (χ1) is 18.1. The van der Waals surface area contributed by atoms with E-state index in [9.17, 15) is 4.79 Å². The predicted molar refractivity (Wildman–Crippen MR) is 145 cm³/mol. The molecule has 0 aliphatic heterocycles. The number of carbonyl (C=O) groups is 1. The van der Waals surface area contributed by atoms with Crippen LogP contribution in [-0.4, -0.2) is 52.0 Å². The van der Waals surface area contributed by atoms with Gasteiger partial charge in [0.15, 0.2) is 10.9 Å². The zero-order valence-electron chi connectivity index (χ0n) is 20.9. The summed E-state index contributed by atoms with van der Waals surface area (Å²) in [6, 6.07) is 8.84. The largest absolute Gasteiger partial charge is 0.336 e. The Labute approximate surface area is 218 Å². The SMILES string of the molecule is CCn1c(CC(=O)N(C2CC2)C2CC2)cc2c3c(ncn3C)c(Nc3nc(-c4ccccn4)cs3)nc21. The van der Waals surface area contributed by atoms with Crippen molar-refractivity contribution >= 4 is 50.3 Å². The van der Waals surface area contributed by atoms with Gasteiger partial charge < -0.3 is 19.4 Å². The Bertz CT molecular complexity index is 1610. The summed E-state index contributed by atoms with van der Waals surface area (Å²) in [5.41, 5.74) is 5.30. The summed E-state index contributed by atoms with van der Waals surface area (Å²) in [6.07, 6.45) is 8.56. The number of pyridine rings is 2. The highest BCUT2D eigenvalue weighted by atomic mass is 32.1. The van der Waals surface area contributed by atoms with Crippen LogP contribution in [0.25, 0.3) is 33.5 Å². The van der Waals surface area contributed by atoms with Crippen LogP contribution < -0.4 is 5.32 Å². The summed E-state index contributed by atoms with van der Waals surface area (Å²) in [5, 5.41) is 7.15. The number of amides is 1. The van der Waals surface area contributed by atoms with Crippen molar-refractivity contribution in [3.8, 4) is 11.4 Å². The van der Waals surface area contributed by atoms with Crippen LogP contribution in [0.4, 0.5) is 10.9 Å². The number of imidazole rings is 1. The van der Waals surface area contributed by atoms with Crippen molar-refractivity contribution in [3.05, 3.63) is 47.9 Å². The summed E-state index contributed by atoms with van der Waals surface area (Å²) in [4.78, 5) is 34.4. The summed E-state index contributed by atoms with van der Waals surface area (Å²) in [7, 11) is 2.00. The standard InChI is InChI=1S/C27H28N8OS/c1-3-34-18(13-22(36)35(16-7-8-16)17-9-10-17)12-19-24-23(29-15-33(24)2)25(31-26(19)34)32-27-30-21(14-37-27)20-6-4-5-11-28-20/h4-6,11-12,14-17H,3,7-10,13H2,1-2H3,(H,30,31,32). The number of nitrogens with zero attached hydrogens (tertiary/aromatic N) is 7. The topological polar surface area (TPSA) is 93.8 Å². The Morgan fingerprint density at radius 1 is 1.14 bits per heavy atom. The Hall–Kier alpha value is -3.79. The van der Waals surface area contributed by atoms with E-state index in [0.29, 0.717) is 24.3 Å². The zero-order valence-corrected chi connectivity index (χ0v) is 21.7. The van der Waals surface area contributed by atoms with Crippen molar-refractivity contribution in [1.29, 1.82) is 0 Å². The third-order valence-electron chi connectivity index (χ3n) is 7.26. The molecule has 0 spiro atoms. The summed E-state index contributed by atoms with van der Waals surface area (Å²) in [6.45, 7) is 2.84. The van der Waals surface area contributed by atoms with Crippen molar-refractivity contribution in [2.45, 2.75) is 57.7 Å². The number of hydrogen-bond acceptors (Lipinski definition) is 7. The first-order valence-electron chi connectivity index (χ1n) is 12.9. The van der Waals surface area contributed by atoms with E-state index in [-0.39, 0.29) is 5.91 Å². The minimum Gasteiger partial charge on any atom is -0.336 e. The molecule has 2 aliphatic rings. The highest BCUT2D eigenvalue weighted by molar-refractivity contribution is 7.14. The maximum Gasteiger partial charge on any atom is 0.229 e. The van der Waals surface area contributed by atoms with Crippen molar-refractivity contribution in [3.63, 3.8) is 0 Å². The fourth-order valence-corrected chi connectivity index (χ4v) is 5.98. The van der Waals surface area contributed by atoms with Crippen LogP contribution in [0.15, 0.2) is 42.2 Å². The normalized spacial score (nSPS) is 15.5. The molecule has 0 bridgehead atoms. The van der Waals surface area contributed by atoms with Gasteiger partial charge in [-0.15, -0.1) is 11.3 Å². The number of rotatable bonds is 8. The Balaban J connectivity index is 1.27. The number of anilines is 2. The first kappa shape index (κ1) is 22.4. The molecular formula is C27H28N8OS. The molecule has 10 heteroatoms. The molecule has 5 aromatic rings. The molecule has 5 aromatic heterocycles. The monoisotopic (exact) mass is 512 g/mol. The lowest BCUT2D eigenvalue weighted by Crippen LogP contribution is -2.36. The summed E-state index contributed by atoms with van der Waals surface area (Å²) >= 11 is 1.51. The van der Waals surface area contributed by atoms with Gasteiger partial charge in [-0.2, -0.15) is 0 Å². The van der Waals surface area contributed by atoms with Crippen LogP contribution in [0.5, 0.6) is 0 Å². The second-order valence-corrected chi connectivity index (χ2v) is 10.8. The first-order valence-corrected chi connectivity index (χ1v) is 13.8. The molecule has 9 nitrogen and oxygen atoms in total. The fourth-order valence-electron chi connectivity index (χ4n) is 5.27. The van der Waals surface area contributed by atoms with E-state index < -0.39 is 0 Å². The van der Waals surface area contributed by atoms with E-state index in [2.05, 4.69) is 37.7 Å². The third kappa shape index (κ3) is 3.96. The lowest BCUT2D eigenvalue weighted by molar-refractivity contribution is -0.131. The minimum atomic E-state index is 0.243. The Morgan fingerprint density at radius 3 is 2.65 bits per heavy atom. The summed E-state index contributed by atoms with van der Waals surface area (Å²) in [5.74, 6) is 0.903. The molecule has 1 amide bonds. The average molecular weight is 513 g/mol. The molecule has 0 saturated heterocycles. The van der Waals surface area contributed by atoms with Gasteiger partial charge in [-0.1, -0.05) is 6.07 Å². The average Bonchev–Trinajstić information content (AvgIpc) is 3.81. The van der Waals surface area contributed by atoms with Gasteiger partial charge in [0.25, 0.3) is 0 Å². The lowest BCUT2D eigenvalue weighted by atomic mass is 10.2. The highest BCUT2D eigenvalue weighted by Crippen LogP contribution is 2.38. The summed E-state index contributed by atoms with van der Waals surface area (Å²) < 4.78 is 4.20. The third-order valence-corrected chi connectivity index (χ3v) is 8.02. The number of aromatic nitrogens is 6. The molecule has 0 atom stereocenters. The molecule has 37 heavy (non-hydrogen) atoms. The van der Waals surface area contributed by atoms with Crippen LogP contribution in [0.2, 0.25) is 0 Å². The van der Waals surface area contributed by atoms with Crippen LogP contribution in [-0.2, 0) is 24.8 Å². The van der Waals surface area contributed by atoms with Gasteiger partial charge in [-0.05, 0) is 50.8 Å². The molecule has 1 N–H and O–H groups in total. The van der Waals surface area contributed by atoms with E-state index >= 15 is 0 Å². The van der Waals surface area contributed by atoms with Crippen molar-refractivity contribution in [2.75, 3.05) is 5.32 Å².